The van der Waals surface area contributed by atoms with Crippen LogP contribution in [-0.4, -0.2) is 29.4 Å². The lowest BCUT2D eigenvalue weighted by atomic mass is 10.1. The number of methoxy groups -OCH3 is 1. The molecule has 1 aromatic heterocycles. The van der Waals surface area contributed by atoms with Crippen LogP contribution in [0.15, 0.2) is 66.6 Å². The Balaban J connectivity index is 1.69. The molecule has 0 radical (unpaired) electrons. The van der Waals surface area contributed by atoms with Crippen molar-refractivity contribution < 1.29 is 9.53 Å². The van der Waals surface area contributed by atoms with Crippen molar-refractivity contribution in [2.45, 2.75) is 12.8 Å². The molecule has 3 rings (SSSR count). The monoisotopic (exact) mass is 320 g/mol. The molecule has 4 nitrogen and oxygen atoms in total. The number of ether oxygens (including phenoxy) is 1. The van der Waals surface area contributed by atoms with E-state index < -0.39 is 0 Å². The molecule has 0 aliphatic carbocycles. The van der Waals surface area contributed by atoms with Crippen LogP contribution in [0, 0.1) is 0 Å². The normalized spacial score (nSPS) is 16.0. The highest BCUT2D eigenvalue weighted by Crippen LogP contribution is 2.28. The Bertz CT molecular complexity index is 764. The number of carbonyl (C=O) groups excluding carboxylic acids is 1. The summed E-state index contributed by atoms with van der Waals surface area (Å²) in [5.41, 5.74) is 3.79. The molecule has 2 heterocycles. The van der Waals surface area contributed by atoms with Crippen molar-refractivity contribution in [3.8, 4) is 5.75 Å². The van der Waals surface area contributed by atoms with E-state index in [1.54, 1.807) is 24.4 Å². The molecule has 1 aliphatic rings. The molecule has 0 unspecified atom stereocenters. The fourth-order valence-corrected chi connectivity index (χ4v) is 2.77. The molecule has 0 atom stereocenters. The van der Waals surface area contributed by atoms with Gasteiger partial charge in [-0.2, -0.15) is 0 Å². The van der Waals surface area contributed by atoms with Gasteiger partial charge in [0, 0.05) is 36.6 Å². The SMILES string of the molecule is C=C1C/C(=C/c2ccc(OC)cc2)C(=O)N1CCc1ccncc1. The Kier molecular flexibility index (Phi) is 4.75. The van der Waals surface area contributed by atoms with Crippen LogP contribution in [-0.2, 0) is 11.2 Å². The molecule has 4 heteroatoms. The number of benzene rings is 1. The number of nitrogens with zero attached hydrogens (tertiary/aromatic N) is 2. The van der Waals surface area contributed by atoms with E-state index in [-0.39, 0.29) is 5.91 Å². The first-order valence-corrected chi connectivity index (χ1v) is 7.90. The molecule has 1 aromatic carbocycles. The van der Waals surface area contributed by atoms with Crippen LogP contribution in [0.2, 0.25) is 0 Å². The molecular formula is C20H20N2O2. The lowest BCUT2D eigenvalue weighted by Crippen LogP contribution is -2.26. The van der Waals surface area contributed by atoms with Crippen molar-refractivity contribution in [1.82, 2.24) is 9.88 Å². The highest BCUT2D eigenvalue weighted by Gasteiger charge is 2.28. The fourth-order valence-electron chi connectivity index (χ4n) is 2.77. The summed E-state index contributed by atoms with van der Waals surface area (Å²) >= 11 is 0. The largest absolute Gasteiger partial charge is 0.497 e. The van der Waals surface area contributed by atoms with Gasteiger partial charge in [-0.25, -0.2) is 0 Å². The van der Waals surface area contributed by atoms with Gasteiger partial charge < -0.3 is 9.64 Å². The van der Waals surface area contributed by atoms with Crippen molar-refractivity contribution in [2.75, 3.05) is 13.7 Å². The minimum Gasteiger partial charge on any atom is -0.497 e. The van der Waals surface area contributed by atoms with Gasteiger partial charge in [0.05, 0.1) is 7.11 Å². The van der Waals surface area contributed by atoms with Gasteiger partial charge in [-0.05, 0) is 47.9 Å². The van der Waals surface area contributed by atoms with Crippen LogP contribution in [0.3, 0.4) is 0 Å². The van der Waals surface area contributed by atoms with E-state index in [0.29, 0.717) is 13.0 Å². The summed E-state index contributed by atoms with van der Waals surface area (Å²) in [6.07, 6.45) is 6.86. The van der Waals surface area contributed by atoms with Gasteiger partial charge in [0.2, 0.25) is 0 Å². The van der Waals surface area contributed by atoms with Gasteiger partial charge in [-0.1, -0.05) is 18.7 Å². The van der Waals surface area contributed by atoms with Gasteiger partial charge in [0.1, 0.15) is 5.75 Å². The van der Waals surface area contributed by atoms with Crippen molar-refractivity contribution in [3.63, 3.8) is 0 Å². The molecule has 2 aromatic rings. The molecule has 24 heavy (non-hydrogen) atoms. The molecule has 1 amide bonds. The standard InChI is InChI=1S/C20H20N2O2/c1-15-13-18(14-17-3-5-19(24-2)6-4-17)20(23)22(15)12-9-16-7-10-21-11-8-16/h3-8,10-11,14H,1,9,12-13H2,2H3/b18-14-. The number of likely N-dealkylation sites (tertiary alicyclic amines) is 1. The minimum absolute atomic E-state index is 0.0462. The maximum absolute atomic E-state index is 12.6. The molecule has 0 N–H and O–H groups in total. The Morgan fingerprint density at radius 3 is 2.58 bits per heavy atom. The number of carbonyl (C=O) groups is 1. The summed E-state index contributed by atoms with van der Waals surface area (Å²) in [6.45, 7) is 4.69. The van der Waals surface area contributed by atoms with Gasteiger partial charge in [0.25, 0.3) is 5.91 Å². The second kappa shape index (κ2) is 7.13. The zero-order chi connectivity index (χ0) is 16.9. The molecule has 0 saturated carbocycles. The number of allylic oxidation sites excluding steroid dienone is 1. The summed E-state index contributed by atoms with van der Waals surface area (Å²) < 4.78 is 5.15. The Morgan fingerprint density at radius 1 is 1.21 bits per heavy atom. The van der Waals surface area contributed by atoms with Gasteiger partial charge in [-0.15, -0.1) is 0 Å². The van der Waals surface area contributed by atoms with Crippen LogP contribution in [0.1, 0.15) is 17.5 Å². The van der Waals surface area contributed by atoms with Gasteiger partial charge >= 0.3 is 0 Å². The molecular weight excluding hydrogens is 300 g/mol. The van der Waals surface area contributed by atoms with Crippen LogP contribution >= 0.6 is 0 Å². The Morgan fingerprint density at radius 2 is 1.92 bits per heavy atom. The number of rotatable bonds is 5. The first-order chi connectivity index (χ1) is 11.7. The first-order valence-electron chi connectivity index (χ1n) is 7.90. The highest BCUT2D eigenvalue weighted by molar-refractivity contribution is 6.02. The van der Waals surface area contributed by atoms with Crippen LogP contribution in [0.25, 0.3) is 6.08 Å². The second-order valence-corrected chi connectivity index (χ2v) is 5.75. The average Bonchev–Trinajstić information content (AvgIpc) is 2.88. The number of hydrogen-bond donors (Lipinski definition) is 0. The summed E-state index contributed by atoms with van der Waals surface area (Å²) in [4.78, 5) is 18.4. The molecule has 0 bridgehead atoms. The van der Waals surface area contributed by atoms with Gasteiger partial charge in [0.15, 0.2) is 0 Å². The van der Waals surface area contributed by atoms with Crippen molar-refractivity contribution in [3.05, 3.63) is 77.8 Å². The number of aromatic nitrogens is 1. The number of amides is 1. The minimum atomic E-state index is 0.0462. The average molecular weight is 320 g/mol. The number of pyridine rings is 1. The summed E-state index contributed by atoms with van der Waals surface area (Å²) in [5.74, 6) is 0.850. The maximum atomic E-state index is 12.6. The topological polar surface area (TPSA) is 42.4 Å². The number of hydrogen-bond acceptors (Lipinski definition) is 3. The van der Waals surface area contributed by atoms with Crippen LogP contribution in [0.5, 0.6) is 5.75 Å². The van der Waals surface area contributed by atoms with Crippen LogP contribution < -0.4 is 4.74 Å². The van der Waals surface area contributed by atoms with Crippen molar-refractivity contribution in [1.29, 1.82) is 0 Å². The first kappa shape index (κ1) is 16.0. The smallest absolute Gasteiger partial charge is 0.254 e. The third-order valence-corrected chi connectivity index (χ3v) is 4.13. The van der Waals surface area contributed by atoms with E-state index in [1.165, 1.54) is 0 Å². The van der Waals surface area contributed by atoms with E-state index in [1.807, 2.05) is 42.5 Å². The molecule has 0 spiro atoms. The third-order valence-electron chi connectivity index (χ3n) is 4.13. The quantitative estimate of drug-likeness (QED) is 0.792. The lowest BCUT2D eigenvalue weighted by molar-refractivity contribution is -0.123. The molecule has 122 valence electrons. The molecule has 1 fully saturated rings. The highest BCUT2D eigenvalue weighted by atomic mass is 16.5. The van der Waals surface area contributed by atoms with Crippen molar-refractivity contribution >= 4 is 12.0 Å². The van der Waals surface area contributed by atoms with E-state index >= 15 is 0 Å². The maximum Gasteiger partial charge on any atom is 0.254 e. The van der Waals surface area contributed by atoms with E-state index in [9.17, 15) is 4.79 Å². The lowest BCUT2D eigenvalue weighted by Gasteiger charge is -2.16. The Hall–Kier alpha value is -2.88. The molecule has 1 aliphatic heterocycles. The third kappa shape index (κ3) is 3.54. The van der Waals surface area contributed by atoms with Gasteiger partial charge in [-0.3, -0.25) is 9.78 Å². The van der Waals surface area contributed by atoms with Crippen molar-refractivity contribution in [2.24, 2.45) is 0 Å². The summed E-state index contributed by atoms with van der Waals surface area (Å²) in [7, 11) is 1.64. The Labute approximate surface area is 142 Å². The summed E-state index contributed by atoms with van der Waals surface area (Å²) in [5, 5.41) is 0. The molecule has 1 saturated heterocycles. The second-order valence-electron chi connectivity index (χ2n) is 5.75. The fraction of sp³-hybridized carbons (Fsp3) is 0.200. The van der Waals surface area contributed by atoms with E-state index in [2.05, 4.69) is 11.6 Å². The predicted molar refractivity (Wildman–Crippen MR) is 94.4 cm³/mol. The van der Waals surface area contributed by atoms with E-state index in [0.717, 1.165) is 34.6 Å². The van der Waals surface area contributed by atoms with Crippen LogP contribution in [0.4, 0.5) is 0 Å². The zero-order valence-corrected chi connectivity index (χ0v) is 13.7. The zero-order valence-electron chi connectivity index (χ0n) is 13.7. The van der Waals surface area contributed by atoms with E-state index in [4.69, 9.17) is 4.74 Å². The summed E-state index contributed by atoms with van der Waals surface area (Å²) in [6, 6.07) is 11.6. The predicted octanol–water partition coefficient (Wildman–Crippen LogP) is 3.46.